The molecule has 244 valence electrons. The summed E-state index contributed by atoms with van der Waals surface area (Å²) in [4.78, 5) is 39.3. The van der Waals surface area contributed by atoms with Crippen LogP contribution in [0.25, 0.3) is 0 Å². The molecule has 1 aromatic rings. The molecular weight excluding hydrogens is 571 g/mol. The van der Waals surface area contributed by atoms with Gasteiger partial charge in [-0.1, -0.05) is 6.07 Å². The molecule has 1 saturated carbocycles. The second-order valence-corrected chi connectivity index (χ2v) is 14.0. The van der Waals surface area contributed by atoms with Gasteiger partial charge in [-0.3, -0.25) is 9.59 Å². The van der Waals surface area contributed by atoms with Gasteiger partial charge in [0.2, 0.25) is 5.78 Å². The lowest BCUT2D eigenvalue weighted by Gasteiger charge is -2.41. The average molecular weight is 619 g/mol. The predicted octanol–water partition coefficient (Wildman–Crippen LogP) is 5.59. The minimum atomic E-state index is -0.942. The molecule has 44 heavy (non-hydrogen) atoms. The van der Waals surface area contributed by atoms with Crippen LogP contribution >= 0.6 is 0 Å². The summed E-state index contributed by atoms with van der Waals surface area (Å²) in [6.45, 7) is 11.4. The Balaban J connectivity index is 1.38. The minimum absolute atomic E-state index is 0.0223. The van der Waals surface area contributed by atoms with Crippen LogP contribution in [0, 0.1) is 16.6 Å². The molecule has 1 spiro atoms. The van der Waals surface area contributed by atoms with Gasteiger partial charge in [-0.05, 0) is 91.7 Å². The van der Waals surface area contributed by atoms with E-state index >= 15 is 4.39 Å². The summed E-state index contributed by atoms with van der Waals surface area (Å²) in [6, 6.07) is 4.17. The molecule has 4 rings (SSSR count). The number of hydrogen-bond acceptors (Lipinski definition) is 9. The molecule has 1 N–H and O–H groups in total. The number of carbonyl (C=O) groups excluding carboxylic acids is 3. The van der Waals surface area contributed by atoms with Gasteiger partial charge in [-0.25, -0.2) is 9.18 Å². The molecule has 1 amide bonds. The van der Waals surface area contributed by atoms with Gasteiger partial charge in [0.15, 0.2) is 0 Å². The highest BCUT2D eigenvalue weighted by Gasteiger charge is 2.56. The second-order valence-electron chi connectivity index (χ2n) is 14.0. The molecule has 1 aliphatic carbocycles. The second kappa shape index (κ2) is 13.5. The maximum absolute atomic E-state index is 15.1. The van der Waals surface area contributed by atoms with E-state index in [9.17, 15) is 14.4 Å². The molecule has 3 aliphatic rings. The highest BCUT2D eigenvalue weighted by Crippen LogP contribution is 2.43. The Hall–Kier alpha value is -3.05. The van der Waals surface area contributed by atoms with Crippen LogP contribution in [0.2, 0.25) is 0 Å². The first-order valence-electron chi connectivity index (χ1n) is 15.5. The van der Waals surface area contributed by atoms with E-state index in [0.717, 1.165) is 0 Å². The SMILES string of the molecule is CC(C)(C)OC(=O)CCOc1cccc(F)c1C1CCC(OCC2N(C(=O)OC(C)(C)C)CCC23COCC(=O)C3=N)CC1. The maximum atomic E-state index is 15.1. The molecule has 11 heteroatoms. The highest BCUT2D eigenvalue weighted by atomic mass is 19.1. The predicted molar refractivity (Wildman–Crippen MR) is 161 cm³/mol. The number of esters is 1. The normalized spacial score (nSPS) is 26.2. The summed E-state index contributed by atoms with van der Waals surface area (Å²) < 4.78 is 43.9. The van der Waals surface area contributed by atoms with E-state index in [2.05, 4.69) is 0 Å². The Morgan fingerprint density at radius 2 is 1.75 bits per heavy atom. The van der Waals surface area contributed by atoms with Crippen molar-refractivity contribution in [2.24, 2.45) is 5.41 Å². The third-order valence-electron chi connectivity index (χ3n) is 8.38. The third kappa shape index (κ3) is 8.15. The van der Waals surface area contributed by atoms with Crippen LogP contribution in [-0.2, 0) is 28.5 Å². The number of hydrogen-bond donors (Lipinski definition) is 1. The van der Waals surface area contributed by atoms with E-state index < -0.39 is 28.8 Å². The zero-order valence-corrected chi connectivity index (χ0v) is 26.8. The Morgan fingerprint density at radius 3 is 2.41 bits per heavy atom. The van der Waals surface area contributed by atoms with Gasteiger partial charge in [0.05, 0.1) is 49.5 Å². The number of ether oxygens (including phenoxy) is 5. The first-order chi connectivity index (χ1) is 20.6. The Labute approximate surface area is 259 Å². The molecule has 0 radical (unpaired) electrons. The molecule has 10 nitrogen and oxygen atoms in total. The van der Waals surface area contributed by atoms with Crippen molar-refractivity contribution in [3.63, 3.8) is 0 Å². The van der Waals surface area contributed by atoms with E-state index in [4.69, 9.17) is 29.1 Å². The van der Waals surface area contributed by atoms with Gasteiger partial charge < -0.3 is 34.0 Å². The third-order valence-corrected chi connectivity index (χ3v) is 8.38. The fourth-order valence-electron chi connectivity index (χ4n) is 6.36. The fourth-order valence-corrected chi connectivity index (χ4v) is 6.36. The molecular formula is C33H47FN2O8. The van der Waals surface area contributed by atoms with Gasteiger partial charge in [-0.2, -0.15) is 0 Å². The van der Waals surface area contributed by atoms with Crippen LogP contribution in [0.4, 0.5) is 9.18 Å². The number of likely N-dealkylation sites (tertiary alicyclic amines) is 1. The largest absolute Gasteiger partial charge is 0.493 e. The van der Waals surface area contributed by atoms with Crippen molar-refractivity contribution in [1.82, 2.24) is 4.90 Å². The van der Waals surface area contributed by atoms with E-state index in [-0.39, 0.29) is 68.2 Å². The number of amides is 1. The van der Waals surface area contributed by atoms with Crippen LogP contribution in [0.5, 0.6) is 5.75 Å². The average Bonchev–Trinajstić information content (AvgIpc) is 3.28. The maximum Gasteiger partial charge on any atom is 0.410 e. The van der Waals surface area contributed by atoms with Crippen molar-refractivity contribution in [3.8, 4) is 5.75 Å². The fraction of sp³-hybridized carbons (Fsp3) is 0.697. The Kier molecular flexibility index (Phi) is 10.4. The summed E-state index contributed by atoms with van der Waals surface area (Å²) in [5.41, 5.74) is -1.74. The van der Waals surface area contributed by atoms with Crippen molar-refractivity contribution < 1.29 is 42.5 Å². The number of Topliss-reactive ketones (excluding diaryl/α,β-unsaturated/α-hetero) is 1. The standard InChI is InChI=1S/C33H47FN2O8/c1-31(2,3)43-27(38)14-17-41-25-9-7-8-23(34)28(25)21-10-12-22(13-11-21)42-19-26-33(20-40-18-24(37)29(33)35)15-16-36(26)30(39)44-32(4,5)6/h7-9,21-22,26,35H,10-20H2,1-6H3. The van der Waals surface area contributed by atoms with Gasteiger partial charge in [0.1, 0.15) is 29.4 Å². The number of rotatable bonds is 8. The van der Waals surface area contributed by atoms with Crippen LogP contribution in [0.1, 0.15) is 91.5 Å². The van der Waals surface area contributed by atoms with Crippen LogP contribution in [-0.4, -0.2) is 84.8 Å². The lowest BCUT2D eigenvalue weighted by atomic mass is 9.74. The van der Waals surface area contributed by atoms with Crippen molar-refractivity contribution in [3.05, 3.63) is 29.6 Å². The molecule has 0 bridgehead atoms. The van der Waals surface area contributed by atoms with Crippen molar-refractivity contribution in [1.29, 1.82) is 5.41 Å². The summed E-state index contributed by atoms with van der Waals surface area (Å²) in [5, 5.41) is 8.64. The smallest absolute Gasteiger partial charge is 0.410 e. The van der Waals surface area contributed by atoms with Crippen molar-refractivity contribution >= 4 is 23.6 Å². The van der Waals surface area contributed by atoms with E-state index in [1.807, 2.05) is 0 Å². The molecule has 2 atom stereocenters. The van der Waals surface area contributed by atoms with Crippen LogP contribution in [0.15, 0.2) is 18.2 Å². The zero-order chi connectivity index (χ0) is 32.3. The van der Waals surface area contributed by atoms with E-state index in [1.165, 1.54) is 6.07 Å². The number of carbonyl (C=O) groups is 3. The topological polar surface area (TPSA) is 124 Å². The Bertz CT molecular complexity index is 1230. The summed E-state index contributed by atoms with van der Waals surface area (Å²) >= 11 is 0. The van der Waals surface area contributed by atoms with E-state index in [0.29, 0.717) is 50.0 Å². The van der Waals surface area contributed by atoms with Gasteiger partial charge in [-0.15, -0.1) is 0 Å². The molecule has 2 unspecified atom stereocenters. The van der Waals surface area contributed by atoms with Crippen molar-refractivity contribution in [2.45, 2.75) is 109 Å². The summed E-state index contributed by atoms with van der Waals surface area (Å²) in [7, 11) is 0. The van der Waals surface area contributed by atoms with Crippen LogP contribution in [0.3, 0.4) is 0 Å². The monoisotopic (exact) mass is 618 g/mol. The lowest BCUT2D eigenvalue weighted by Crippen LogP contribution is -2.57. The summed E-state index contributed by atoms with van der Waals surface area (Å²) in [5.74, 6) is -0.741. The van der Waals surface area contributed by atoms with Crippen molar-refractivity contribution in [2.75, 3.05) is 33.0 Å². The van der Waals surface area contributed by atoms with E-state index in [1.54, 1.807) is 58.6 Å². The lowest BCUT2D eigenvalue weighted by molar-refractivity contribution is -0.155. The number of ketones is 1. The number of nitrogens with one attached hydrogen (secondary N) is 1. The quantitative estimate of drug-likeness (QED) is 0.374. The first kappa shape index (κ1) is 33.8. The zero-order valence-electron chi connectivity index (χ0n) is 26.8. The van der Waals surface area contributed by atoms with Gasteiger partial charge >= 0.3 is 12.1 Å². The molecule has 2 aliphatic heterocycles. The molecule has 2 heterocycles. The minimum Gasteiger partial charge on any atom is -0.493 e. The van der Waals surface area contributed by atoms with Gasteiger partial charge in [0, 0.05) is 12.1 Å². The number of halogens is 1. The van der Waals surface area contributed by atoms with Gasteiger partial charge in [0.25, 0.3) is 0 Å². The summed E-state index contributed by atoms with van der Waals surface area (Å²) in [6.07, 6.45) is 2.49. The first-order valence-corrected chi connectivity index (χ1v) is 15.5. The Morgan fingerprint density at radius 1 is 1.07 bits per heavy atom. The molecule has 2 saturated heterocycles. The van der Waals surface area contributed by atoms with Crippen LogP contribution < -0.4 is 4.74 Å². The molecule has 0 aromatic heterocycles. The molecule has 3 fully saturated rings. The molecule has 1 aromatic carbocycles. The number of benzene rings is 1. The highest BCUT2D eigenvalue weighted by molar-refractivity contribution is 6.41. The number of nitrogens with zero attached hydrogens (tertiary/aromatic N) is 1.